The third-order valence-corrected chi connectivity index (χ3v) is 19.0. The molecule has 0 bridgehead atoms. The van der Waals surface area contributed by atoms with Crippen LogP contribution < -0.4 is 18.9 Å². The maximum Gasteiger partial charge on any atom is 0.540 e. The monoisotopic (exact) mass is 1050 g/mol. The minimum absolute atomic E-state index is 0.0514. The molecule has 0 saturated heterocycles. The Kier molecular flexibility index (Phi) is 19.2. The fourth-order valence-electron chi connectivity index (χ4n) is 9.08. The number of aromatic hydroxyl groups is 1. The van der Waals surface area contributed by atoms with Crippen LogP contribution in [0.1, 0.15) is 119 Å². The van der Waals surface area contributed by atoms with Gasteiger partial charge in [0.2, 0.25) is 11.8 Å². The van der Waals surface area contributed by atoms with E-state index in [2.05, 4.69) is 122 Å². The number of likely N-dealkylation sites (N-methyl/N-ethyl adjacent to an activating group) is 1. The Morgan fingerprint density at radius 1 is 0.671 bits per heavy atom. The highest BCUT2D eigenvalue weighted by Gasteiger charge is 2.45. The summed E-state index contributed by atoms with van der Waals surface area (Å²) in [5.74, 6) is 9.32. The Hall–Kier alpha value is -6.14. The van der Waals surface area contributed by atoms with Crippen LogP contribution in [-0.4, -0.2) is 66.2 Å². The number of rotatable bonds is 24. The number of fused-ring (bicyclic) bond motifs is 3. The van der Waals surface area contributed by atoms with E-state index in [9.17, 15) is 5.11 Å². The Morgan fingerprint density at radius 3 is 1.84 bits per heavy atom. The number of anilines is 1. The van der Waals surface area contributed by atoms with Crippen molar-refractivity contribution in [3.63, 3.8) is 0 Å². The first-order valence-corrected chi connectivity index (χ1v) is 29.9. The van der Waals surface area contributed by atoms with Crippen molar-refractivity contribution in [3.8, 4) is 46.0 Å². The number of hydrogen-bond acceptors (Lipinski definition) is 9. The van der Waals surface area contributed by atoms with Gasteiger partial charge in [0.15, 0.2) is 17.6 Å². The molecule has 378 valence electrons. The van der Waals surface area contributed by atoms with E-state index >= 15 is 0 Å². The molecule has 6 aromatic rings. The van der Waals surface area contributed by atoms with Gasteiger partial charge in [-0.3, -0.25) is 4.52 Å². The summed E-state index contributed by atoms with van der Waals surface area (Å²) in [6, 6.07) is 44.7. The van der Waals surface area contributed by atoms with Gasteiger partial charge in [0.25, 0.3) is 5.34 Å². The summed E-state index contributed by atoms with van der Waals surface area (Å²) in [6.45, 7) is 14.0. The lowest BCUT2D eigenvalue weighted by Gasteiger charge is -2.33. The Morgan fingerprint density at radius 2 is 1.22 bits per heavy atom. The lowest BCUT2D eigenvalue weighted by molar-refractivity contribution is 0.171. The second-order valence-corrected chi connectivity index (χ2v) is 23.9. The van der Waals surface area contributed by atoms with Crippen molar-refractivity contribution in [1.29, 1.82) is 0 Å². The van der Waals surface area contributed by atoms with Crippen molar-refractivity contribution >= 4 is 55.7 Å². The van der Waals surface area contributed by atoms with E-state index in [1.807, 2.05) is 69.6 Å². The van der Waals surface area contributed by atoms with Crippen LogP contribution in [0.5, 0.6) is 23.0 Å². The number of phenols is 1. The molecule has 0 spiro atoms. The fourth-order valence-corrected chi connectivity index (χ4v) is 11.9. The Labute approximate surface area is 446 Å². The molecule has 0 aromatic heterocycles. The molecule has 73 heavy (non-hydrogen) atoms. The van der Waals surface area contributed by atoms with E-state index in [0.29, 0.717) is 24.5 Å². The van der Waals surface area contributed by atoms with E-state index in [-0.39, 0.29) is 11.2 Å². The van der Waals surface area contributed by atoms with Gasteiger partial charge in [-0.2, -0.15) is 0 Å². The number of unbranched alkanes of at least 4 members (excludes halogenated alkanes) is 2. The minimum atomic E-state index is -1.47. The summed E-state index contributed by atoms with van der Waals surface area (Å²) < 4.78 is 22.2. The molecule has 13 heteroatoms. The van der Waals surface area contributed by atoms with Crippen LogP contribution in [0, 0.1) is 18.8 Å². The van der Waals surface area contributed by atoms with Crippen molar-refractivity contribution in [3.05, 3.63) is 172 Å². The molecule has 0 saturated carbocycles. The maximum absolute atomic E-state index is 9.57. The molecule has 1 aliphatic rings. The zero-order chi connectivity index (χ0) is 52.0. The van der Waals surface area contributed by atoms with Crippen molar-refractivity contribution < 1.29 is 19.1 Å². The summed E-state index contributed by atoms with van der Waals surface area (Å²) in [6.07, 6.45) is 11.3. The van der Waals surface area contributed by atoms with Crippen molar-refractivity contribution in [2.45, 2.75) is 97.2 Å². The Balaban J connectivity index is 0.874. The molecule has 9 nitrogen and oxygen atoms in total. The van der Waals surface area contributed by atoms with Gasteiger partial charge >= 0.3 is 13.9 Å². The summed E-state index contributed by atoms with van der Waals surface area (Å²) in [5.41, 5.74) is 12.1. The normalized spacial score (nSPS) is 13.6. The van der Waals surface area contributed by atoms with Crippen molar-refractivity contribution in [2.75, 3.05) is 38.7 Å². The number of ether oxygens (including phenoxy) is 2. The number of hydrogen-bond donors (Lipinski definition) is 1. The summed E-state index contributed by atoms with van der Waals surface area (Å²) in [5, 5.41) is 18.1. The van der Waals surface area contributed by atoms with E-state index < -0.39 is 19.3 Å². The highest BCUT2D eigenvalue weighted by molar-refractivity contribution is 8.04. The molecule has 0 heterocycles. The highest BCUT2D eigenvalue weighted by Crippen LogP contribution is 2.54. The first-order chi connectivity index (χ1) is 35.3. The first-order valence-electron chi connectivity index (χ1n) is 25.4. The number of aryl methyl sites for hydroxylation is 1. The smallest absolute Gasteiger partial charge is 0.508 e. The van der Waals surface area contributed by atoms with E-state index in [0.717, 1.165) is 46.8 Å². The van der Waals surface area contributed by atoms with Crippen molar-refractivity contribution in [2.24, 2.45) is 10.2 Å². The van der Waals surface area contributed by atoms with Crippen LogP contribution in [0.25, 0.3) is 11.1 Å². The third-order valence-electron chi connectivity index (χ3n) is 13.5. The van der Waals surface area contributed by atoms with E-state index in [1.165, 1.54) is 66.3 Å². The lowest BCUT2D eigenvalue weighted by Crippen LogP contribution is -2.30. The van der Waals surface area contributed by atoms with Gasteiger partial charge in [-0.05, 0) is 169 Å². The largest absolute Gasteiger partial charge is 0.540 e. The maximum atomic E-state index is 9.57. The molecular formula is C60H69N5O4P2S2+2. The quantitative estimate of drug-likeness (QED) is 0.0276. The van der Waals surface area contributed by atoms with Gasteiger partial charge in [0.1, 0.15) is 23.9 Å². The van der Waals surface area contributed by atoms with Crippen molar-refractivity contribution in [1.82, 2.24) is 9.56 Å². The fraction of sp³-hybridized carbons (Fsp3) is 0.333. The zero-order valence-electron chi connectivity index (χ0n) is 43.5. The second-order valence-electron chi connectivity index (χ2n) is 18.7. The van der Waals surface area contributed by atoms with Crippen LogP contribution in [0.3, 0.4) is 0 Å². The molecule has 1 N–H and O–H groups in total. The van der Waals surface area contributed by atoms with Gasteiger partial charge in [0.05, 0.1) is 33.1 Å². The summed E-state index contributed by atoms with van der Waals surface area (Å²) >= 11 is 11.7. The molecule has 0 fully saturated rings. The summed E-state index contributed by atoms with van der Waals surface area (Å²) in [7, 11) is 2.21. The highest BCUT2D eigenvalue weighted by atomic mass is 32.4. The first kappa shape index (κ1) is 54.6. The van der Waals surface area contributed by atoms with Gasteiger partial charge in [-0.25, -0.2) is 0 Å². The number of phenolic OH excluding ortho intramolecular Hbond substituents is 1. The average molecular weight is 1050 g/mol. The van der Waals surface area contributed by atoms with Crippen LogP contribution in [0.2, 0.25) is 0 Å². The topological polar surface area (TPSA) is 82.4 Å². The minimum Gasteiger partial charge on any atom is -0.508 e. The Bertz CT molecular complexity index is 2950. The molecule has 7 rings (SSSR count). The number of nitrogens with zero attached hydrogens (tertiary/aromatic N) is 5. The molecule has 2 unspecified atom stereocenters. The van der Waals surface area contributed by atoms with Gasteiger partial charge in [0, 0.05) is 42.1 Å². The molecule has 0 amide bonds. The standard InChI is InChI=1S/C60H68N5O4P2S2/c1-9-13-37-60(38-14-10-2)57-41-45(5)15-35-55(57)56-36-24-47(42-58(56)60)17-16-46-18-25-50(26-19-46)65(12-4)39-40-67-52-31-33-54(34-32-52)69-71(73)64(8)62-44-49-22-29-53(30-23-49)68-59(6,11-3)70(72)63(7)61-43-48-20-27-51(66)28-21-48/h15,18-36,41-44H,9-14,37-40H2,1-8H3/q+1/p+1/t59-/m1/s1. The van der Waals surface area contributed by atoms with E-state index in [4.69, 9.17) is 37.6 Å². The zero-order valence-corrected chi connectivity index (χ0v) is 47.0. The van der Waals surface area contributed by atoms with E-state index in [1.54, 1.807) is 46.3 Å². The van der Waals surface area contributed by atoms with Gasteiger partial charge < -0.3 is 19.5 Å². The molecule has 3 atom stereocenters. The van der Waals surface area contributed by atoms with Gasteiger partial charge in [-0.1, -0.05) is 92.9 Å². The predicted octanol–water partition coefficient (Wildman–Crippen LogP) is 15.1. The number of hydrazone groups is 2. The van der Waals surface area contributed by atoms with Crippen LogP contribution in [0.15, 0.2) is 144 Å². The van der Waals surface area contributed by atoms with Crippen LogP contribution in [-0.2, 0) is 29.0 Å². The van der Waals surface area contributed by atoms with Gasteiger partial charge in [-0.15, -0.1) is 15.0 Å². The molecule has 6 aromatic carbocycles. The molecule has 0 radical (unpaired) electrons. The summed E-state index contributed by atoms with van der Waals surface area (Å²) in [4.78, 5) is 2.31. The molecule has 1 aliphatic carbocycles. The predicted molar refractivity (Wildman–Crippen MR) is 312 cm³/mol. The second kappa shape index (κ2) is 25.7. The van der Waals surface area contributed by atoms with Crippen LogP contribution in [0.4, 0.5) is 5.69 Å². The number of benzene rings is 6. The SMILES string of the molecule is CCCCC1(CCCC)c2cc(C)ccc2-c2ccc(C#Cc3ccc(N(CC)CCOc4ccc(O[P+](=S)N(C)N=Cc5ccc(O[C@@](C)(CC)[P+](=S)N(C)N=Cc6ccc(O)cc6)cc5)cc4)cc3)cc21. The lowest BCUT2D eigenvalue weighted by atomic mass is 9.70. The average Bonchev–Trinajstić information content (AvgIpc) is 3.67. The van der Waals surface area contributed by atoms with Crippen LogP contribution >= 0.6 is 13.9 Å². The molecule has 0 aliphatic heterocycles. The third kappa shape index (κ3) is 13.9. The molecular weight excluding hydrogens is 981 g/mol.